The van der Waals surface area contributed by atoms with Gasteiger partial charge in [-0.1, -0.05) is 25.1 Å². The van der Waals surface area contributed by atoms with Gasteiger partial charge in [-0.2, -0.15) is 0 Å². The number of anilines is 1. The zero-order chi connectivity index (χ0) is 12.4. The summed E-state index contributed by atoms with van der Waals surface area (Å²) in [5, 5.41) is 2.19. The molecule has 1 N–H and O–H groups in total. The van der Waals surface area contributed by atoms with Gasteiger partial charge in [0.05, 0.1) is 5.69 Å². The van der Waals surface area contributed by atoms with Crippen molar-refractivity contribution in [2.24, 2.45) is 5.92 Å². The topological polar surface area (TPSA) is 66.5 Å². The maximum absolute atomic E-state index is 12.0. The number of nitrogens with one attached hydrogen (secondary N) is 1. The Morgan fingerprint density at radius 1 is 1.18 bits per heavy atom. The van der Waals surface area contributed by atoms with Crippen molar-refractivity contribution >= 4 is 23.5 Å². The molecule has 0 spiro atoms. The molecule has 0 radical (unpaired) electrons. The molecule has 88 valence electrons. The molecule has 1 fully saturated rings. The fourth-order valence-corrected chi connectivity index (χ4v) is 1.80. The first-order chi connectivity index (χ1) is 8.15. The van der Waals surface area contributed by atoms with E-state index in [4.69, 9.17) is 0 Å². The molecule has 1 saturated heterocycles. The van der Waals surface area contributed by atoms with E-state index >= 15 is 0 Å². The number of rotatable bonds is 2. The fraction of sp³-hybridized carbons (Fsp3) is 0.250. The molecule has 0 saturated carbocycles. The summed E-state index contributed by atoms with van der Waals surface area (Å²) in [6.45, 7) is 1.74. The number of benzene rings is 1. The Balaban J connectivity index is 2.37. The van der Waals surface area contributed by atoms with E-state index in [9.17, 15) is 14.4 Å². The second kappa shape index (κ2) is 4.37. The van der Waals surface area contributed by atoms with Crippen LogP contribution >= 0.6 is 0 Å². The SMILES string of the molecule is CC[C@@H]1C(=O)NC(=O)N(c2ccccc2)C1=O. The van der Waals surface area contributed by atoms with E-state index < -0.39 is 23.8 Å². The summed E-state index contributed by atoms with van der Waals surface area (Å²) in [6, 6.07) is 7.87. The van der Waals surface area contributed by atoms with Crippen molar-refractivity contribution in [1.29, 1.82) is 0 Å². The largest absolute Gasteiger partial charge is 0.335 e. The van der Waals surface area contributed by atoms with E-state index in [2.05, 4.69) is 5.32 Å². The number of carbonyl (C=O) groups is 3. The van der Waals surface area contributed by atoms with Crippen LogP contribution in [0.25, 0.3) is 0 Å². The second-order valence-corrected chi connectivity index (χ2v) is 3.76. The van der Waals surface area contributed by atoms with E-state index in [1.54, 1.807) is 37.3 Å². The Hall–Kier alpha value is -2.17. The third-order valence-electron chi connectivity index (χ3n) is 2.69. The molecule has 1 aromatic carbocycles. The van der Waals surface area contributed by atoms with Crippen LogP contribution in [0.3, 0.4) is 0 Å². The number of urea groups is 1. The molecule has 2 rings (SSSR count). The maximum Gasteiger partial charge on any atom is 0.335 e. The molecule has 17 heavy (non-hydrogen) atoms. The van der Waals surface area contributed by atoms with Gasteiger partial charge in [-0.15, -0.1) is 0 Å². The first kappa shape index (κ1) is 11.3. The van der Waals surface area contributed by atoms with Gasteiger partial charge in [-0.3, -0.25) is 14.9 Å². The summed E-state index contributed by atoms with van der Waals surface area (Å²) in [5.41, 5.74) is 0.473. The zero-order valence-corrected chi connectivity index (χ0v) is 9.34. The van der Waals surface area contributed by atoms with Crippen LogP contribution in [0.15, 0.2) is 30.3 Å². The van der Waals surface area contributed by atoms with Gasteiger partial charge in [0.1, 0.15) is 5.92 Å². The van der Waals surface area contributed by atoms with Gasteiger partial charge in [0.25, 0.3) is 0 Å². The highest BCUT2D eigenvalue weighted by Crippen LogP contribution is 2.21. The molecular formula is C12H12N2O3. The Morgan fingerprint density at radius 3 is 2.41 bits per heavy atom. The Kier molecular flexibility index (Phi) is 2.91. The average molecular weight is 232 g/mol. The van der Waals surface area contributed by atoms with Crippen LogP contribution in [-0.4, -0.2) is 17.8 Å². The second-order valence-electron chi connectivity index (χ2n) is 3.76. The molecule has 1 aromatic rings. The molecule has 1 atom stereocenters. The van der Waals surface area contributed by atoms with E-state index in [-0.39, 0.29) is 0 Å². The first-order valence-corrected chi connectivity index (χ1v) is 5.39. The predicted octanol–water partition coefficient (Wildman–Crippen LogP) is 1.30. The van der Waals surface area contributed by atoms with Gasteiger partial charge >= 0.3 is 6.03 Å². The van der Waals surface area contributed by atoms with Crippen molar-refractivity contribution in [3.8, 4) is 0 Å². The highest BCUT2D eigenvalue weighted by Gasteiger charge is 2.39. The number of barbiturate groups is 1. The molecule has 5 heteroatoms. The lowest BCUT2D eigenvalue weighted by Crippen LogP contribution is -2.58. The van der Waals surface area contributed by atoms with Crippen LogP contribution in [0, 0.1) is 5.92 Å². The Labute approximate surface area is 98.4 Å². The molecule has 1 heterocycles. The standard InChI is InChI=1S/C12H12N2O3/c1-2-9-10(15)13-12(17)14(11(9)16)8-6-4-3-5-7-8/h3-7,9H,2H2,1H3,(H,13,15,17)/t9-/m1/s1. The van der Waals surface area contributed by atoms with Gasteiger partial charge < -0.3 is 0 Å². The normalized spacial score (nSPS) is 20.4. The predicted molar refractivity (Wildman–Crippen MR) is 61.2 cm³/mol. The molecule has 0 aromatic heterocycles. The van der Waals surface area contributed by atoms with E-state index in [0.717, 1.165) is 4.90 Å². The van der Waals surface area contributed by atoms with Crippen LogP contribution < -0.4 is 10.2 Å². The van der Waals surface area contributed by atoms with Crippen LogP contribution in [0.5, 0.6) is 0 Å². The summed E-state index contributed by atoms with van der Waals surface area (Å²) >= 11 is 0. The summed E-state index contributed by atoms with van der Waals surface area (Å²) in [6.07, 6.45) is 0.376. The van der Waals surface area contributed by atoms with Gasteiger partial charge in [0, 0.05) is 0 Å². The number of para-hydroxylation sites is 1. The smallest absolute Gasteiger partial charge is 0.277 e. The third-order valence-corrected chi connectivity index (χ3v) is 2.69. The lowest BCUT2D eigenvalue weighted by atomic mass is 10.0. The van der Waals surface area contributed by atoms with Crippen molar-refractivity contribution in [2.75, 3.05) is 4.90 Å². The summed E-state index contributed by atoms with van der Waals surface area (Å²) in [7, 11) is 0. The summed E-state index contributed by atoms with van der Waals surface area (Å²) < 4.78 is 0. The molecule has 5 nitrogen and oxygen atoms in total. The quantitative estimate of drug-likeness (QED) is 0.781. The highest BCUT2D eigenvalue weighted by molar-refractivity contribution is 6.27. The number of carbonyl (C=O) groups excluding carboxylic acids is 3. The van der Waals surface area contributed by atoms with Crippen LogP contribution in [-0.2, 0) is 9.59 Å². The van der Waals surface area contributed by atoms with Crippen molar-refractivity contribution in [2.45, 2.75) is 13.3 Å². The van der Waals surface area contributed by atoms with Gasteiger partial charge in [-0.05, 0) is 18.6 Å². The monoisotopic (exact) mass is 232 g/mol. The number of nitrogens with zero attached hydrogens (tertiary/aromatic N) is 1. The van der Waals surface area contributed by atoms with E-state index in [0.29, 0.717) is 12.1 Å². The maximum atomic E-state index is 12.0. The van der Waals surface area contributed by atoms with Crippen LogP contribution in [0.4, 0.5) is 10.5 Å². The minimum atomic E-state index is -0.784. The molecular weight excluding hydrogens is 220 g/mol. The first-order valence-electron chi connectivity index (χ1n) is 5.39. The van der Waals surface area contributed by atoms with Gasteiger partial charge in [-0.25, -0.2) is 9.69 Å². The van der Waals surface area contributed by atoms with Gasteiger partial charge in [0.15, 0.2) is 0 Å². The van der Waals surface area contributed by atoms with Crippen LogP contribution in [0.1, 0.15) is 13.3 Å². The minimum absolute atomic E-state index is 0.376. The van der Waals surface area contributed by atoms with Gasteiger partial charge in [0.2, 0.25) is 11.8 Å². The molecule has 0 bridgehead atoms. The fourth-order valence-electron chi connectivity index (χ4n) is 1.80. The van der Waals surface area contributed by atoms with Crippen molar-refractivity contribution in [3.05, 3.63) is 30.3 Å². The highest BCUT2D eigenvalue weighted by atomic mass is 16.2. The lowest BCUT2D eigenvalue weighted by molar-refractivity contribution is -0.134. The Morgan fingerprint density at radius 2 is 1.82 bits per heavy atom. The van der Waals surface area contributed by atoms with Crippen molar-refractivity contribution < 1.29 is 14.4 Å². The summed E-state index contributed by atoms with van der Waals surface area (Å²) in [4.78, 5) is 36.1. The number of hydrogen-bond acceptors (Lipinski definition) is 3. The molecule has 0 unspecified atom stereocenters. The molecule has 1 aliphatic heterocycles. The number of imide groups is 2. The number of hydrogen-bond donors (Lipinski definition) is 1. The summed E-state index contributed by atoms with van der Waals surface area (Å²) in [5.74, 6) is -1.77. The van der Waals surface area contributed by atoms with Crippen molar-refractivity contribution in [3.63, 3.8) is 0 Å². The van der Waals surface area contributed by atoms with E-state index in [1.807, 2.05) is 0 Å². The average Bonchev–Trinajstić information content (AvgIpc) is 2.30. The van der Waals surface area contributed by atoms with E-state index in [1.165, 1.54) is 0 Å². The number of amides is 4. The van der Waals surface area contributed by atoms with Crippen molar-refractivity contribution in [1.82, 2.24) is 5.32 Å². The third kappa shape index (κ3) is 1.91. The zero-order valence-electron chi connectivity index (χ0n) is 9.34. The van der Waals surface area contributed by atoms with Crippen LogP contribution in [0.2, 0.25) is 0 Å². The molecule has 4 amide bonds. The Bertz CT molecular complexity index is 470. The molecule has 0 aliphatic carbocycles. The molecule has 1 aliphatic rings. The lowest BCUT2D eigenvalue weighted by Gasteiger charge is -2.29. The minimum Gasteiger partial charge on any atom is -0.277 e.